The van der Waals surface area contributed by atoms with Crippen LogP contribution in [-0.2, 0) is 14.9 Å². The molecule has 1 heterocycles. The lowest BCUT2D eigenvalue weighted by atomic mass is 9.86. The molecule has 1 N–H and O–H groups in total. The fourth-order valence-corrected chi connectivity index (χ4v) is 2.89. The maximum Gasteiger partial charge on any atom is 0.330 e. The van der Waals surface area contributed by atoms with Crippen molar-refractivity contribution in [1.82, 2.24) is 15.0 Å². The van der Waals surface area contributed by atoms with Gasteiger partial charge in [0.2, 0.25) is 0 Å². The molecule has 0 aliphatic carbocycles. The number of esters is 1. The number of aromatic nitrogens is 3. The van der Waals surface area contributed by atoms with Gasteiger partial charge in [0.25, 0.3) is 0 Å². The number of fused-ring (bicyclic) bond motifs is 1. The molecule has 0 bridgehead atoms. The lowest BCUT2D eigenvalue weighted by molar-refractivity contribution is -0.138. The Morgan fingerprint density at radius 2 is 1.87 bits per heavy atom. The largest absolute Gasteiger partial charge is 0.505 e. The zero-order valence-corrected chi connectivity index (χ0v) is 17.5. The summed E-state index contributed by atoms with van der Waals surface area (Å²) in [5.74, 6) is 0.727. The van der Waals surface area contributed by atoms with Gasteiger partial charge in [-0.1, -0.05) is 27.4 Å². The average molecular weight is 411 g/mol. The maximum atomic E-state index is 11.2. The highest BCUT2D eigenvalue weighted by molar-refractivity contribution is 5.81. The van der Waals surface area contributed by atoms with Crippen LogP contribution in [0.3, 0.4) is 0 Å². The third-order valence-corrected chi connectivity index (χ3v) is 4.44. The van der Waals surface area contributed by atoms with Gasteiger partial charge in [-0.05, 0) is 23.6 Å². The summed E-state index contributed by atoms with van der Waals surface area (Å²) in [6.07, 6.45) is 1.10. The first-order valence-electron chi connectivity index (χ1n) is 9.44. The average Bonchev–Trinajstić information content (AvgIpc) is 3.13. The van der Waals surface area contributed by atoms with Crippen LogP contribution in [-0.4, -0.2) is 46.4 Å². The first-order valence-corrected chi connectivity index (χ1v) is 9.44. The fraction of sp³-hybridized carbons (Fsp3) is 0.318. The van der Waals surface area contributed by atoms with Crippen molar-refractivity contribution in [1.29, 1.82) is 0 Å². The number of carbonyl (C=O) groups excluding carboxylic acids is 1. The van der Waals surface area contributed by atoms with Crippen LogP contribution < -0.4 is 9.47 Å². The molecular weight excluding hydrogens is 386 g/mol. The maximum absolute atomic E-state index is 11.2. The van der Waals surface area contributed by atoms with E-state index in [1.54, 1.807) is 37.4 Å². The van der Waals surface area contributed by atoms with Crippen molar-refractivity contribution in [3.8, 4) is 22.9 Å². The highest BCUT2D eigenvalue weighted by Crippen LogP contribution is 2.38. The molecule has 0 saturated carbocycles. The number of rotatable bonds is 7. The van der Waals surface area contributed by atoms with Gasteiger partial charge in [0, 0.05) is 23.8 Å². The summed E-state index contributed by atoms with van der Waals surface area (Å²) in [6, 6.07) is 8.78. The number of aromatic hydroxyl groups is 1. The van der Waals surface area contributed by atoms with Gasteiger partial charge >= 0.3 is 5.97 Å². The number of hydrogen-bond donors (Lipinski definition) is 1. The molecule has 0 spiro atoms. The smallest absolute Gasteiger partial charge is 0.330 e. The predicted molar refractivity (Wildman–Crippen MR) is 112 cm³/mol. The van der Waals surface area contributed by atoms with E-state index >= 15 is 0 Å². The van der Waals surface area contributed by atoms with E-state index in [0.29, 0.717) is 33.8 Å². The molecule has 0 aliphatic heterocycles. The minimum Gasteiger partial charge on any atom is -0.505 e. The minimum absolute atomic E-state index is 0.0696. The van der Waals surface area contributed by atoms with E-state index < -0.39 is 5.97 Å². The normalized spacial score (nSPS) is 11.3. The van der Waals surface area contributed by atoms with Crippen molar-refractivity contribution >= 4 is 17.0 Å². The van der Waals surface area contributed by atoms with E-state index in [-0.39, 0.29) is 24.4 Å². The second kappa shape index (κ2) is 8.44. The van der Waals surface area contributed by atoms with Gasteiger partial charge < -0.3 is 19.3 Å². The predicted octanol–water partition coefficient (Wildman–Crippen LogP) is 3.54. The second-order valence-electron chi connectivity index (χ2n) is 7.65. The van der Waals surface area contributed by atoms with Crippen molar-refractivity contribution in [2.45, 2.75) is 26.2 Å². The summed E-state index contributed by atoms with van der Waals surface area (Å²) in [7, 11) is 1.58. The number of hydrogen-bond acceptors (Lipinski definition) is 7. The molecule has 3 rings (SSSR count). The van der Waals surface area contributed by atoms with Crippen molar-refractivity contribution in [2.24, 2.45) is 0 Å². The molecule has 0 unspecified atom stereocenters. The Hall–Kier alpha value is -3.55. The zero-order chi connectivity index (χ0) is 21.9. The Balaban J connectivity index is 1.98. The first kappa shape index (κ1) is 21.2. The molecule has 1 aromatic heterocycles. The topological polar surface area (TPSA) is 95.7 Å². The lowest BCUT2D eigenvalue weighted by Gasteiger charge is -2.23. The molecule has 0 atom stereocenters. The summed E-state index contributed by atoms with van der Waals surface area (Å²) >= 11 is 0. The Morgan fingerprint density at radius 3 is 2.53 bits per heavy atom. The van der Waals surface area contributed by atoms with Gasteiger partial charge in [-0.25, -0.2) is 4.79 Å². The number of benzene rings is 2. The number of ether oxygens (including phenoxy) is 3. The molecule has 0 aliphatic rings. The van der Waals surface area contributed by atoms with Crippen molar-refractivity contribution < 1.29 is 24.1 Å². The van der Waals surface area contributed by atoms with E-state index in [4.69, 9.17) is 14.2 Å². The molecular formula is C22H25N3O5. The summed E-state index contributed by atoms with van der Waals surface area (Å²) in [6.45, 7) is 9.54. The number of nitrogens with zero attached hydrogens (tertiary/aromatic N) is 3. The van der Waals surface area contributed by atoms with Crippen molar-refractivity contribution in [3.63, 3.8) is 0 Å². The second-order valence-corrected chi connectivity index (χ2v) is 7.65. The van der Waals surface area contributed by atoms with Crippen LogP contribution in [0.15, 0.2) is 43.0 Å². The molecule has 158 valence electrons. The van der Waals surface area contributed by atoms with Crippen molar-refractivity contribution in [2.75, 3.05) is 20.3 Å². The minimum atomic E-state index is -0.511. The van der Waals surface area contributed by atoms with Crippen LogP contribution in [0.1, 0.15) is 26.3 Å². The van der Waals surface area contributed by atoms with Gasteiger partial charge in [0.05, 0.1) is 7.11 Å². The SMILES string of the molecule is C=CC(=O)OCCOc1cc(-n2nc3ccc(OC)cc3n2)c(O)c(C(C)(C)C)c1. The van der Waals surface area contributed by atoms with Crippen LogP contribution in [0.5, 0.6) is 17.2 Å². The summed E-state index contributed by atoms with van der Waals surface area (Å²) in [4.78, 5) is 12.5. The Morgan fingerprint density at radius 1 is 1.13 bits per heavy atom. The lowest BCUT2D eigenvalue weighted by Crippen LogP contribution is -2.15. The Labute approximate surface area is 174 Å². The number of methoxy groups -OCH3 is 1. The van der Waals surface area contributed by atoms with Gasteiger partial charge in [-0.15, -0.1) is 15.0 Å². The number of phenolic OH excluding ortho intramolecular Hbond substituents is 1. The molecule has 0 radical (unpaired) electrons. The Bertz CT molecular complexity index is 1080. The summed E-state index contributed by atoms with van der Waals surface area (Å²) < 4.78 is 15.9. The van der Waals surface area contributed by atoms with Crippen LogP contribution in [0.4, 0.5) is 0 Å². The molecule has 0 saturated heterocycles. The summed E-state index contributed by atoms with van der Waals surface area (Å²) in [5.41, 5.74) is 2.00. The van der Waals surface area contributed by atoms with E-state index in [2.05, 4.69) is 16.8 Å². The summed E-state index contributed by atoms with van der Waals surface area (Å²) in [5, 5.41) is 19.9. The Kier molecular flexibility index (Phi) is 5.96. The standard InChI is InChI=1S/C22H25N3O5/c1-6-20(26)30-10-9-29-15-11-16(22(2,3)4)21(27)19(13-15)25-23-17-8-7-14(28-5)12-18(17)24-25/h6-8,11-13,27H,1,9-10H2,2-5H3. The highest BCUT2D eigenvalue weighted by Gasteiger charge is 2.24. The van der Waals surface area contributed by atoms with Crippen molar-refractivity contribution in [3.05, 3.63) is 48.6 Å². The van der Waals surface area contributed by atoms with Gasteiger partial charge in [0.15, 0.2) is 0 Å². The van der Waals surface area contributed by atoms with Gasteiger partial charge in [-0.2, -0.15) is 0 Å². The molecule has 8 nitrogen and oxygen atoms in total. The van der Waals surface area contributed by atoms with Crippen LogP contribution >= 0.6 is 0 Å². The quantitative estimate of drug-likeness (QED) is 0.361. The van der Waals surface area contributed by atoms with E-state index in [0.717, 1.165) is 6.08 Å². The van der Waals surface area contributed by atoms with E-state index in [1.807, 2.05) is 20.8 Å². The van der Waals surface area contributed by atoms with E-state index in [1.165, 1.54) is 4.80 Å². The van der Waals surface area contributed by atoms with Gasteiger partial charge in [0.1, 0.15) is 47.2 Å². The molecule has 2 aromatic carbocycles. The number of carbonyl (C=O) groups is 1. The number of phenols is 1. The highest BCUT2D eigenvalue weighted by atomic mass is 16.6. The fourth-order valence-electron chi connectivity index (χ4n) is 2.89. The third-order valence-electron chi connectivity index (χ3n) is 4.44. The molecule has 3 aromatic rings. The molecule has 0 fully saturated rings. The molecule has 30 heavy (non-hydrogen) atoms. The van der Waals surface area contributed by atoms with E-state index in [9.17, 15) is 9.90 Å². The van der Waals surface area contributed by atoms with Crippen LogP contribution in [0.25, 0.3) is 16.7 Å². The molecule has 8 heteroatoms. The third kappa shape index (κ3) is 4.53. The first-order chi connectivity index (χ1) is 14.2. The van der Waals surface area contributed by atoms with Gasteiger partial charge in [-0.3, -0.25) is 0 Å². The van der Waals surface area contributed by atoms with Crippen LogP contribution in [0.2, 0.25) is 0 Å². The zero-order valence-electron chi connectivity index (χ0n) is 17.5. The monoisotopic (exact) mass is 411 g/mol. The van der Waals surface area contributed by atoms with Crippen LogP contribution in [0, 0.1) is 0 Å². The molecule has 0 amide bonds.